The number of anilines is 4. The minimum absolute atomic E-state index is 0.0461. The predicted molar refractivity (Wildman–Crippen MR) is 146 cm³/mol. The summed E-state index contributed by atoms with van der Waals surface area (Å²) in [4.78, 5) is 26.2. The topological polar surface area (TPSA) is 106 Å². The predicted octanol–water partition coefficient (Wildman–Crippen LogP) is 5.72. The first kappa shape index (κ1) is 25.4. The van der Waals surface area contributed by atoms with E-state index in [1.165, 1.54) is 6.07 Å². The number of para-hydroxylation sites is 1. The number of aromatic nitrogens is 4. The van der Waals surface area contributed by atoms with Crippen LogP contribution < -0.4 is 20.7 Å². The Balaban J connectivity index is 1.45. The van der Waals surface area contributed by atoms with Crippen LogP contribution in [-0.2, 0) is 4.79 Å². The number of fused-ring (bicyclic) bond motifs is 1. The SMILES string of the molecule is COc1ccc(Nc2ncc3nc(Nc4ccccc4F)n(C4CCC(NC(=O)C(C)C)CC4)c3n2)cc1. The van der Waals surface area contributed by atoms with Gasteiger partial charge < -0.3 is 20.7 Å². The number of halogens is 1. The fourth-order valence-corrected chi connectivity index (χ4v) is 4.72. The Kier molecular flexibility index (Phi) is 7.39. The summed E-state index contributed by atoms with van der Waals surface area (Å²) in [5, 5.41) is 9.56. The Morgan fingerprint density at radius 2 is 1.76 bits per heavy atom. The number of methoxy groups -OCH3 is 1. The standard InChI is InChI=1S/C28H32FN7O2/c1-17(2)26(37)31-18-8-12-20(13-9-18)36-25-24(34-28(36)33-23-7-5-4-6-22(23)29)16-30-27(35-25)32-19-10-14-21(38-3)15-11-19/h4-7,10-11,14-18,20H,8-9,12-13H2,1-3H3,(H,31,37)(H,33,34)(H,30,32,35). The van der Waals surface area contributed by atoms with Crippen LogP contribution in [0.2, 0.25) is 0 Å². The van der Waals surface area contributed by atoms with Crippen LogP contribution in [0.15, 0.2) is 54.7 Å². The second-order valence-electron chi connectivity index (χ2n) is 9.83. The third-order valence-electron chi connectivity index (χ3n) is 6.83. The van der Waals surface area contributed by atoms with Gasteiger partial charge in [0.25, 0.3) is 0 Å². The molecule has 4 aromatic rings. The Labute approximate surface area is 220 Å². The first-order valence-corrected chi connectivity index (χ1v) is 12.9. The first-order chi connectivity index (χ1) is 18.4. The number of nitrogens with zero attached hydrogens (tertiary/aromatic N) is 4. The first-order valence-electron chi connectivity index (χ1n) is 12.9. The summed E-state index contributed by atoms with van der Waals surface area (Å²) in [6.07, 6.45) is 5.00. The molecule has 5 rings (SSSR count). The molecule has 1 fully saturated rings. The molecule has 0 radical (unpaired) electrons. The van der Waals surface area contributed by atoms with Gasteiger partial charge in [-0.05, 0) is 62.1 Å². The molecule has 1 amide bonds. The largest absolute Gasteiger partial charge is 0.497 e. The molecular weight excluding hydrogens is 485 g/mol. The average molecular weight is 518 g/mol. The van der Waals surface area contributed by atoms with E-state index in [2.05, 4.69) is 20.9 Å². The van der Waals surface area contributed by atoms with Crippen molar-refractivity contribution >= 4 is 40.3 Å². The van der Waals surface area contributed by atoms with Gasteiger partial charge >= 0.3 is 0 Å². The highest BCUT2D eigenvalue weighted by atomic mass is 19.1. The zero-order valence-corrected chi connectivity index (χ0v) is 21.7. The Hall–Kier alpha value is -4.21. The molecule has 0 saturated heterocycles. The lowest BCUT2D eigenvalue weighted by molar-refractivity contribution is -0.124. The van der Waals surface area contributed by atoms with Gasteiger partial charge in [-0.15, -0.1) is 0 Å². The average Bonchev–Trinajstić information content (AvgIpc) is 3.28. The van der Waals surface area contributed by atoms with Gasteiger partial charge in [-0.1, -0.05) is 26.0 Å². The van der Waals surface area contributed by atoms with E-state index in [-0.39, 0.29) is 29.7 Å². The third kappa shape index (κ3) is 5.53. The monoisotopic (exact) mass is 517 g/mol. The van der Waals surface area contributed by atoms with Crippen LogP contribution in [0, 0.1) is 11.7 Å². The van der Waals surface area contributed by atoms with E-state index in [9.17, 15) is 9.18 Å². The summed E-state index contributed by atoms with van der Waals surface area (Å²) < 4.78 is 21.8. The normalized spacial score (nSPS) is 17.4. The molecule has 198 valence electrons. The summed E-state index contributed by atoms with van der Waals surface area (Å²) in [7, 11) is 1.62. The number of nitrogens with one attached hydrogen (secondary N) is 3. The van der Waals surface area contributed by atoms with E-state index < -0.39 is 0 Å². The van der Waals surface area contributed by atoms with Crippen LogP contribution in [0.3, 0.4) is 0 Å². The van der Waals surface area contributed by atoms with E-state index in [1.807, 2.05) is 42.7 Å². The molecule has 0 aliphatic heterocycles. The molecule has 0 unspecified atom stereocenters. The van der Waals surface area contributed by atoms with Gasteiger partial charge in [0.05, 0.1) is 19.0 Å². The van der Waals surface area contributed by atoms with Gasteiger partial charge in [-0.2, -0.15) is 4.98 Å². The van der Waals surface area contributed by atoms with Crippen LogP contribution in [0.4, 0.5) is 27.7 Å². The summed E-state index contributed by atoms with van der Waals surface area (Å²) in [6.45, 7) is 3.80. The lowest BCUT2D eigenvalue weighted by atomic mass is 9.90. The number of hydrogen-bond acceptors (Lipinski definition) is 7. The summed E-state index contributed by atoms with van der Waals surface area (Å²) >= 11 is 0. The highest BCUT2D eigenvalue weighted by Gasteiger charge is 2.28. The molecule has 38 heavy (non-hydrogen) atoms. The fraction of sp³-hybridized carbons (Fsp3) is 0.357. The number of benzene rings is 2. The Morgan fingerprint density at radius 3 is 2.45 bits per heavy atom. The van der Waals surface area contributed by atoms with Crippen molar-refractivity contribution in [2.24, 2.45) is 5.92 Å². The molecule has 9 nitrogen and oxygen atoms in total. The number of carbonyl (C=O) groups excluding carboxylic acids is 1. The molecule has 0 spiro atoms. The lowest BCUT2D eigenvalue weighted by Gasteiger charge is -2.31. The Morgan fingerprint density at radius 1 is 1.03 bits per heavy atom. The second kappa shape index (κ2) is 11.0. The maximum absolute atomic E-state index is 14.5. The van der Waals surface area contributed by atoms with Crippen LogP contribution >= 0.6 is 0 Å². The van der Waals surface area contributed by atoms with Crippen LogP contribution in [0.5, 0.6) is 5.75 Å². The molecule has 1 aliphatic carbocycles. The molecule has 1 aliphatic rings. The van der Waals surface area contributed by atoms with Gasteiger partial charge in [-0.25, -0.2) is 14.4 Å². The van der Waals surface area contributed by atoms with Crippen molar-refractivity contribution in [2.75, 3.05) is 17.7 Å². The van der Waals surface area contributed by atoms with Crippen LogP contribution in [-0.4, -0.2) is 38.6 Å². The molecule has 0 atom stereocenters. The maximum Gasteiger partial charge on any atom is 0.229 e. The molecule has 0 bridgehead atoms. The highest BCUT2D eigenvalue weighted by Crippen LogP contribution is 2.35. The van der Waals surface area contributed by atoms with E-state index in [4.69, 9.17) is 14.7 Å². The fourth-order valence-electron chi connectivity index (χ4n) is 4.72. The quantitative estimate of drug-likeness (QED) is 0.275. The third-order valence-corrected chi connectivity index (χ3v) is 6.83. The molecule has 2 heterocycles. The van der Waals surface area contributed by atoms with Crippen molar-refractivity contribution in [1.82, 2.24) is 24.8 Å². The van der Waals surface area contributed by atoms with Crippen LogP contribution in [0.1, 0.15) is 45.6 Å². The van der Waals surface area contributed by atoms with E-state index in [0.29, 0.717) is 28.7 Å². The van der Waals surface area contributed by atoms with E-state index in [1.54, 1.807) is 31.5 Å². The number of ether oxygens (including phenoxy) is 1. The number of imidazole rings is 1. The smallest absolute Gasteiger partial charge is 0.229 e. The molecule has 10 heteroatoms. The summed E-state index contributed by atoms with van der Waals surface area (Å²) in [6, 6.07) is 14.2. The van der Waals surface area contributed by atoms with Gasteiger partial charge in [0.15, 0.2) is 5.65 Å². The number of hydrogen-bond donors (Lipinski definition) is 3. The minimum Gasteiger partial charge on any atom is -0.497 e. The van der Waals surface area contributed by atoms with Crippen molar-refractivity contribution in [3.8, 4) is 5.75 Å². The highest BCUT2D eigenvalue weighted by molar-refractivity contribution is 5.78. The van der Waals surface area contributed by atoms with Gasteiger partial charge in [0.1, 0.15) is 17.1 Å². The van der Waals surface area contributed by atoms with Gasteiger partial charge in [-0.3, -0.25) is 9.36 Å². The van der Waals surface area contributed by atoms with E-state index >= 15 is 0 Å². The van der Waals surface area contributed by atoms with Crippen molar-refractivity contribution in [3.05, 3.63) is 60.5 Å². The van der Waals surface area contributed by atoms with Crippen molar-refractivity contribution < 1.29 is 13.9 Å². The van der Waals surface area contributed by atoms with Crippen molar-refractivity contribution in [2.45, 2.75) is 51.6 Å². The van der Waals surface area contributed by atoms with E-state index in [0.717, 1.165) is 37.1 Å². The minimum atomic E-state index is -0.362. The number of carbonyl (C=O) groups is 1. The van der Waals surface area contributed by atoms with Crippen molar-refractivity contribution in [1.29, 1.82) is 0 Å². The van der Waals surface area contributed by atoms with Gasteiger partial charge in [0, 0.05) is 23.7 Å². The second-order valence-corrected chi connectivity index (χ2v) is 9.83. The molecule has 2 aromatic heterocycles. The summed E-state index contributed by atoms with van der Waals surface area (Å²) in [5.41, 5.74) is 2.43. The number of rotatable bonds is 8. The maximum atomic E-state index is 14.5. The molecule has 1 saturated carbocycles. The molecular formula is C28H32FN7O2. The molecule has 2 aromatic carbocycles. The zero-order chi connectivity index (χ0) is 26.6. The molecule has 3 N–H and O–H groups in total. The number of amides is 1. The Bertz CT molecular complexity index is 1410. The summed E-state index contributed by atoms with van der Waals surface area (Å²) in [5.74, 6) is 1.36. The van der Waals surface area contributed by atoms with Crippen molar-refractivity contribution in [3.63, 3.8) is 0 Å². The van der Waals surface area contributed by atoms with Crippen LogP contribution in [0.25, 0.3) is 11.2 Å². The van der Waals surface area contributed by atoms with Gasteiger partial charge in [0.2, 0.25) is 17.8 Å². The zero-order valence-electron chi connectivity index (χ0n) is 21.7. The lowest BCUT2D eigenvalue weighted by Crippen LogP contribution is -2.40.